The highest BCUT2D eigenvalue weighted by atomic mass is 35.5. The number of nitrogen functional groups attached to an aromatic ring is 1. The third-order valence-corrected chi connectivity index (χ3v) is 7.51. The number of anilines is 2. The molecule has 0 bridgehead atoms. The van der Waals surface area contributed by atoms with Gasteiger partial charge in [0.25, 0.3) is 0 Å². The van der Waals surface area contributed by atoms with Gasteiger partial charge in [0, 0.05) is 30.9 Å². The number of nitrogens with two attached hydrogens (primary N) is 2. The highest BCUT2D eigenvalue weighted by molar-refractivity contribution is 6.34. The molecule has 3 heterocycles. The Labute approximate surface area is 202 Å². The number of benzene rings is 1. The Morgan fingerprint density at radius 2 is 2.00 bits per heavy atom. The number of piperidine rings is 1. The molecule has 9 heteroatoms. The molecule has 34 heavy (non-hydrogen) atoms. The minimum absolute atomic E-state index is 0.0148. The van der Waals surface area contributed by atoms with Gasteiger partial charge in [0.1, 0.15) is 17.2 Å². The van der Waals surface area contributed by atoms with E-state index in [1.165, 1.54) is 29.6 Å². The molecule has 1 aliphatic carbocycles. The Kier molecular flexibility index (Phi) is 5.97. The molecule has 0 amide bonds. The van der Waals surface area contributed by atoms with Crippen LogP contribution in [0.3, 0.4) is 0 Å². The topological polar surface area (TPSA) is 114 Å². The maximum Gasteiger partial charge on any atom is 0.152 e. The van der Waals surface area contributed by atoms with Crippen molar-refractivity contribution in [1.82, 2.24) is 15.0 Å². The summed E-state index contributed by atoms with van der Waals surface area (Å²) in [6.07, 6.45) is 6.86. The van der Waals surface area contributed by atoms with Gasteiger partial charge >= 0.3 is 0 Å². The molecule has 1 aliphatic heterocycles. The van der Waals surface area contributed by atoms with Gasteiger partial charge in [-0.05, 0) is 47.9 Å². The van der Waals surface area contributed by atoms with E-state index < -0.39 is 5.83 Å². The summed E-state index contributed by atoms with van der Waals surface area (Å²) in [5.41, 5.74) is 15.7. The Balaban J connectivity index is 1.35. The van der Waals surface area contributed by atoms with E-state index >= 15 is 0 Å². The van der Waals surface area contributed by atoms with Gasteiger partial charge in [-0.25, -0.2) is 19.3 Å². The van der Waals surface area contributed by atoms with Crippen molar-refractivity contribution in [3.05, 3.63) is 75.8 Å². The lowest BCUT2D eigenvalue weighted by molar-refractivity contribution is 0.186. The maximum absolute atomic E-state index is 14.9. The molecular weight excluding hydrogens is 455 g/mol. The molecule has 0 radical (unpaired) electrons. The fourth-order valence-electron chi connectivity index (χ4n) is 5.17. The number of nitrogens with zero attached hydrogens (tertiary/aromatic N) is 4. The molecular formula is C25H26ClFN6O. The Morgan fingerprint density at radius 3 is 2.74 bits per heavy atom. The van der Waals surface area contributed by atoms with Crippen molar-refractivity contribution < 1.29 is 9.50 Å². The maximum atomic E-state index is 14.9. The first kappa shape index (κ1) is 22.7. The highest BCUT2D eigenvalue weighted by Crippen LogP contribution is 2.51. The van der Waals surface area contributed by atoms with Crippen molar-refractivity contribution in [3.8, 4) is 0 Å². The molecule has 0 saturated carbocycles. The van der Waals surface area contributed by atoms with E-state index in [1.54, 1.807) is 6.07 Å². The van der Waals surface area contributed by atoms with E-state index in [9.17, 15) is 9.50 Å². The number of hydrogen-bond acceptors (Lipinski definition) is 7. The van der Waals surface area contributed by atoms with Crippen molar-refractivity contribution in [2.45, 2.75) is 31.9 Å². The van der Waals surface area contributed by atoms with Gasteiger partial charge in [0.2, 0.25) is 0 Å². The summed E-state index contributed by atoms with van der Waals surface area (Å²) >= 11 is 6.11. The molecule has 1 fully saturated rings. The molecule has 2 aliphatic rings. The monoisotopic (exact) mass is 480 g/mol. The highest BCUT2D eigenvalue weighted by Gasteiger charge is 2.46. The Morgan fingerprint density at radius 1 is 1.24 bits per heavy atom. The number of pyridine rings is 1. The summed E-state index contributed by atoms with van der Waals surface area (Å²) in [7, 11) is 0. The standard InChI is InChI=1S/C25H26ClFN6O/c26-21-15(5-8-30-23(21)29)11-18(27)19-13-31-24(20(14-34)32-19)33-9-6-25(7-10-33)12-16-3-1-2-4-17(16)22(25)28/h1-5,8,11,13,22,34H,6-7,9-10,12,14,28H2,(H2,29,30). The molecule has 1 spiro atoms. The van der Waals surface area contributed by atoms with Gasteiger partial charge in [-0.15, -0.1) is 0 Å². The van der Waals surface area contributed by atoms with Crippen LogP contribution in [-0.4, -0.2) is 33.1 Å². The van der Waals surface area contributed by atoms with E-state index in [-0.39, 0.29) is 34.6 Å². The van der Waals surface area contributed by atoms with Crippen molar-refractivity contribution in [2.75, 3.05) is 23.7 Å². The Hall–Kier alpha value is -3.07. The van der Waals surface area contributed by atoms with Crippen LogP contribution >= 0.6 is 11.6 Å². The van der Waals surface area contributed by atoms with Crippen LogP contribution in [0.2, 0.25) is 5.02 Å². The summed E-state index contributed by atoms with van der Waals surface area (Å²) in [6.45, 7) is 1.14. The lowest BCUT2D eigenvalue weighted by Gasteiger charge is -2.42. The zero-order chi connectivity index (χ0) is 23.9. The third kappa shape index (κ3) is 3.91. The van der Waals surface area contributed by atoms with Crippen molar-refractivity contribution in [3.63, 3.8) is 0 Å². The summed E-state index contributed by atoms with van der Waals surface area (Å²) in [5.74, 6) is 0.0614. The molecule has 7 nitrogen and oxygen atoms in total. The summed E-state index contributed by atoms with van der Waals surface area (Å²) < 4.78 is 14.9. The second kappa shape index (κ2) is 8.94. The lowest BCUT2D eigenvalue weighted by Crippen LogP contribution is -2.45. The second-order valence-electron chi connectivity index (χ2n) is 8.98. The predicted octanol–water partition coefficient (Wildman–Crippen LogP) is 3.91. The van der Waals surface area contributed by atoms with Crippen molar-refractivity contribution in [1.29, 1.82) is 0 Å². The average molecular weight is 481 g/mol. The summed E-state index contributed by atoms with van der Waals surface area (Å²) in [5, 5.41) is 10.1. The van der Waals surface area contributed by atoms with Gasteiger partial charge in [-0.1, -0.05) is 35.9 Å². The van der Waals surface area contributed by atoms with Crippen molar-refractivity contribution >= 4 is 35.1 Å². The second-order valence-corrected chi connectivity index (χ2v) is 9.36. The molecule has 2 aromatic heterocycles. The van der Waals surface area contributed by atoms with Crippen LogP contribution in [-0.2, 0) is 13.0 Å². The number of aromatic nitrogens is 3. The smallest absolute Gasteiger partial charge is 0.152 e. The number of hydrogen-bond donors (Lipinski definition) is 3. The number of aliphatic hydroxyl groups excluding tert-OH is 1. The summed E-state index contributed by atoms with van der Waals surface area (Å²) in [4.78, 5) is 14.8. The van der Waals surface area contributed by atoms with Crippen molar-refractivity contribution in [2.24, 2.45) is 11.1 Å². The van der Waals surface area contributed by atoms with E-state index in [2.05, 4.69) is 38.1 Å². The molecule has 1 atom stereocenters. The quantitative estimate of drug-likeness (QED) is 0.518. The molecule has 1 unspecified atom stereocenters. The normalized spacial score (nSPS) is 19.5. The zero-order valence-corrected chi connectivity index (χ0v) is 19.3. The molecule has 176 valence electrons. The van der Waals surface area contributed by atoms with Crippen LogP contribution in [0.1, 0.15) is 47.0 Å². The van der Waals surface area contributed by atoms with Crippen LogP contribution in [0.5, 0.6) is 0 Å². The SMILES string of the molecule is Nc1nccc(C=C(F)c2cnc(N3CCC4(CC3)Cc3ccccc3C4N)c(CO)n2)c1Cl. The lowest BCUT2D eigenvalue weighted by atomic mass is 9.73. The average Bonchev–Trinajstić information content (AvgIpc) is 3.13. The number of rotatable bonds is 4. The molecule has 1 saturated heterocycles. The number of halogens is 2. The van der Waals surface area contributed by atoms with Crippen LogP contribution in [0.4, 0.5) is 16.0 Å². The van der Waals surface area contributed by atoms with Gasteiger partial charge < -0.3 is 21.5 Å². The molecule has 5 rings (SSSR count). The van der Waals surface area contributed by atoms with Gasteiger partial charge in [0.05, 0.1) is 17.8 Å². The minimum atomic E-state index is -0.631. The van der Waals surface area contributed by atoms with E-state index in [0.29, 0.717) is 17.1 Å². The third-order valence-electron chi connectivity index (χ3n) is 7.10. The molecule has 1 aromatic carbocycles. The molecule has 3 aromatic rings. The molecule has 5 N–H and O–H groups in total. The fraction of sp³-hybridized carbons (Fsp3) is 0.320. The van der Waals surface area contributed by atoms with Crippen LogP contribution in [0.25, 0.3) is 11.9 Å². The van der Waals surface area contributed by atoms with Crippen LogP contribution in [0.15, 0.2) is 42.7 Å². The first-order valence-electron chi connectivity index (χ1n) is 11.2. The first-order valence-corrected chi connectivity index (χ1v) is 11.6. The first-order chi connectivity index (χ1) is 16.4. The largest absolute Gasteiger partial charge is 0.390 e. The van der Waals surface area contributed by atoms with Gasteiger partial charge in [-0.3, -0.25) is 0 Å². The predicted molar refractivity (Wildman–Crippen MR) is 132 cm³/mol. The number of fused-ring (bicyclic) bond motifs is 1. The Bertz CT molecular complexity index is 1260. The van der Waals surface area contributed by atoms with Crippen LogP contribution in [0, 0.1) is 5.41 Å². The van der Waals surface area contributed by atoms with Crippen LogP contribution < -0.4 is 16.4 Å². The number of aliphatic hydroxyl groups is 1. The zero-order valence-electron chi connectivity index (χ0n) is 18.6. The fourth-order valence-corrected chi connectivity index (χ4v) is 5.34. The van der Waals surface area contributed by atoms with Gasteiger partial charge in [-0.2, -0.15) is 0 Å². The van der Waals surface area contributed by atoms with Gasteiger partial charge in [0.15, 0.2) is 11.6 Å². The van der Waals surface area contributed by atoms with E-state index in [0.717, 1.165) is 32.4 Å². The van der Waals surface area contributed by atoms with E-state index in [4.69, 9.17) is 23.1 Å². The summed E-state index contributed by atoms with van der Waals surface area (Å²) in [6, 6.07) is 9.98. The minimum Gasteiger partial charge on any atom is -0.390 e. The van der Waals surface area contributed by atoms with E-state index in [1.807, 2.05) is 6.07 Å².